The van der Waals surface area contributed by atoms with Gasteiger partial charge < -0.3 is 40.2 Å². The molecule has 0 saturated heterocycles. The molecule has 2 rings (SSSR count). The Labute approximate surface area is 239 Å². The highest BCUT2D eigenvalue weighted by atomic mass is 16.6. The summed E-state index contributed by atoms with van der Waals surface area (Å²) in [6, 6.07) is 0. The summed E-state index contributed by atoms with van der Waals surface area (Å²) >= 11 is 0. The number of rotatable bonds is 5. The highest BCUT2D eigenvalue weighted by Gasteiger charge is 2.34. The van der Waals surface area contributed by atoms with Gasteiger partial charge in [0.1, 0.15) is 6.10 Å². The number of nitrogens with two attached hydrogens (primary N) is 1. The van der Waals surface area contributed by atoms with Crippen molar-refractivity contribution in [3.05, 3.63) is 58.6 Å². The first-order valence-corrected chi connectivity index (χ1v) is 13.1. The molecule has 41 heavy (non-hydrogen) atoms. The Bertz CT molecular complexity index is 1170. The molecule has 5 N–H and O–H groups in total. The third-order valence-corrected chi connectivity index (χ3v) is 7.08. The second-order valence-corrected chi connectivity index (χ2v) is 10.0. The Kier molecular flexibility index (Phi) is 12.7. The number of aliphatic hydroxyl groups excluding tert-OH is 2. The van der Waals surface area contributed by atoms with Crippen LogP contribution in [0.3, 0.4) is 0 Å². The van der Waals surface area contributed by atoms with Crippen molar-refractivity contribution in [3.8, 4) is 0 Å². The van der Waals surface area contributed by atoms with Crippen LogP contribution in [-0.2, 0) is 33.3 Å². The molecule has 0 radical (unpaired) electrons. The molecule has 12 heteroatoms. The molecule has 226 valence electrons. The Hall–Kier alpha value is -3.58. The first-order valence-electron chi connectivity index (χ1n) is 13.1. The van der Waals surface area contributed by atoms with Crippen molar-refractivity contribution in [2.75, 3.05) is 27.9 Å². The number of hydrogen-bond donors (Lipinski definition) is 4. The summed E-state index contributed by atoms with van der Waals surface area (Å²) < 4.78 is 21.6. The van der Waals surface area contributed by atoms with Crippen LogP contribution >= 0.6 is 0 Å². The number of amides is 2. The van der Waals surface area contributed by atoms with Gasteiger partial charge in [-0.05, 0) is 38.2 Å². The minimum absolute atomic E-state index is 0.00342. The number of aliphatic hydroxyl groups is 2. The van der Waals surface area contributed by atoms with E-state index in [1.54, 1.807) is 26.0 Å². The van der Waals surface area contributed by atoms with Gasteiger partial charge in [-0.25, -0.2) is 4.79 Å². The number of fused-ring (bicyclic) bond motifs is 2. The third kappa shape index (κ3) is 8.70. The van der Waals surface area contributed by atoms with E-state index in [0.29, 0.717) is 5.57 Å². The van der Waals surface area contributed by atoms with Gasteiger partial charge in [0.15, 0.2) is 11.9 Å². The summed E-state index contributed by atoms with van der Waals surface area (Å²) in [7, 11) is 4.07. The maximum atomic E-state index is 13.4. The number of methoxy groups -OCH3 is 3. The highest BCUT2D eigenvalue weighted by Crippen LogP contribution is 2.29. The minimum atomic E-state index is -1.07. The van der Waals surface area contributed by atoms with Gasteiger partial charge in [-0.15, -0.1) is 0 Å². The molecule has 12 nitrogen and oxygen atoms in total. The van der Waals surface area contributed by atoms with E-state index >= 15 is 0 Å². The molecule has 6 atom stereocenters. The van der Waals surface area contributed by atoms with Crippen molar-refractivity contribution < 1.29 is 48.3 Å². The zero-order chi connectivity index (χ0) is 30.9. The highest BCUT2D eigenvalue weighted by molar-refractivity contribution is 6.23. The number of nitrogens with one attached hydrogen (secondary N) is 1. The summed E-state index contributed by atoms with van der Waals surface area (Å²) in [6.07, 6.45) is 2.62. The van der Waals surface area contributed by atoms with Gasteiger partial charge in [-0.1, -0.05) is 31.2 Å². The van der Waals surface area contributed by atoms with Crippen LogP contribution in [0.4, 0.5) is 4.79 Å². The predicted octanol–water partition coefficient (Wildman–Crippen LogP) is 1.38. The van der Waals surface area contributed by atoms with Crippen molar-refractivity contribution >= 4 is 23.6 Å². The normalized spacial score (nSPS) is 32.2. The lowest BCUT2D eigenvalue weighted by molar-refractivity contribution is -0.121. The van der Waals surface area contributed by atoms with Gasteiger partial charge in [0.25, 0.3) is 5.91 Å². The number of Topliss-reactive ketones (excluding diaryl/α,β-unsaturated/α-hetero) is 1. The van der Waals surface area contributed by atoms with E-state index in [0.717, 1.165) is 6.08 Å². The first kappa shape index (κ1) is 33.6. The van der Waals surface area contributed by atoms with E-state index in [1.165, 1.54) is 40.4 Å². The van der Waals surface area contributed by atoms with Crippen LogP contribution in [0.15, 0.2) is 58.6 Å². The average Bonchev–Trinajstić information content (AvgIpc) is 2.93. The maximum Gasteiger partial charge on any atom is 0.405 e. The van der Waals surface area contributed by atoms with Gasteiger partial charge in [-0.3, -0.25) is 14.4 Å². The van der Waals surface area contributed by atoms with Crippen LogP contribution in [0.1, 0.15) is 33.6 Å². The third-order valence-electron chi connectivity index (χ3n) is 7.08. The predicted molar refractivity (Wildman–Crippen MR) is 148 cm³/mol. The molecule has 2 amide bonds. The fourth-order valence-corrected chi connectivity index (χ4v) is 4.79. The lowest BCUT2D eigenvalue weighted by Crippen LogP contribution is -2.38. The maximum absolute atomic E-state index is 13.4. The molecule has 2 bridgehead atoms. The molecule has 1 aliphatic heterocycles. The summed E-state index contributed by atoms with van der Waals surface area (Å²) in [5.41, 5.74) is 5.82. The van der Waals surface area contributed by atoms with Gasteiger partial charge in [0.2, 0.25) is 11.6 Å². The Morgan fingerprint density at radius 3 is 2.39 bits per heavy atom. The monoisotopic (exact) mass is 576 g/mol. The van der Waals surface area contributed by atoms with Crippen molar-refractivity contribution in [2.45, 2.75) is 58.0 Å². The second kappa shape index (κ2) is 15.4. The molecule has 0 fully saturated rings. The van der Waals surface area contributed by atoms with Crippen LogP contribution in [0.2, 0.25) is 0 Å². The first-order chi connectivity index (χ1) is 19.4. The number of ketones is 2. The Morgan fingerprint density at radius 2 is 1.83 bits per heavy atom. The lowest BCUT2D eigenvalue weighted by atomic mass is 9.85. The number of ether oxygens (including phenoxy) is 4. The molecule has 0 aromatic heterocycles. The summed E-state index contributed by atoms with van der Waals surface area (Å²) in [6.45, 7) is 4.56. The number of allylic oxidation sites excluding steroid dienone is 4. The van der Waals surface area contributed by atoms with Crippen LogP contribution in [-0.4, -0.2) is 86.1 Å². The molecule has 0 saturated carbocycles. The topological polar surface area (TPSA) is 184 Å². The molecule has 0 spiro atoms. The van der Waals surface area contributed by atoms with Gasteiger partial charge in [0, 0.05) is 44.0 Å². The average molecular weight is 577 g/mol. The largest absolute Gasteiger partial charge is 0.492 e. The van der Waals surface area contributed by atoms with Crippen LogP contribution in [0.5, 0.6) is 0 Å². The molecular formula is C29H40N2O10. The minimum Gasteiger partial charge on any atom is -0.492 e. The van der Waals surface area contributed by atoms with Crippen molar-refractivity contribution in [3.63, 3.8) is 0 Å². The standard InChI is InChI=1S/C29H40N2O10/c1-15-8-7-9-22(38-4)26(41-29(30)37)17(3)10-16(2)24(34)23(39-5)12-18(14-32)11-19-25(35)20(31-28(15)36)13-21(33)27(19)40-6/h7-10,13,16,18,22-24,26,32,34H,11-12,14H2,1-6H3,(H2,30,37)(H,31,36)/b9-7-,15-8+,17-10+/t16-,18+,22-,23-,24+,26-/m0/s1. The summed E-state index contributed by atoms with van der Waals surface area (Å²) in [5, 5.41) is 23.8. The molecule has 0 unspecified atom stereocenters. The van der Waals surface area contributed by atoms with E-state index in [1.807, 2.05) is 0 Å². The van der Waals surface area contributed by atoms with Crippen molar-refractivity contribution in [1.82, 2.24) is 5.32 Å². The van der Waals surface area contributed by atoms with Gasteiger partial charge in [0.05, 0.1) is 25.0 Å². The van der Waals surface area contributed by atoms with Crippen LogP contribution < -0.4 is 11.1 Å². The van der Waals surface area contributed by atoms with Crippen molar-refractivity contribution in [1.29, 1.82) is 0 Å². The van der Waals surface area contributed by atoms with Crippen molar-refractivity contribution in [2.24, 2.45) is 17.6 Å². The van der Waals surface area contributed by atoms with Crippen LogP contribution in [0, 0.1) is 11.8 Å². The number of hydrogen-bond acceptors (Lipinski definition) is 10. The lowest BCUT2D eigenvalue weighted by Gasteiger charge is -2.30. The zero-order valence-electron chi connectivity index (χ0n) is 24.2. The molecular weight excluding hydrogens is 536 g/mol. The summed E-state index contributed by atoms with van der Waals surface area (Å²) in [4.78, 5) is 50.7. The van der Waals surface area contributed by atoms with Gasteiger partial charge in [-0.2, -0.15) is 0 Å². The summed E-state index contributed by atoms with van der Waals surface area (Å²) in [5.74, 6) is -3.18. The van der Waals surface area contributed by atoms with E-state index in [9.17, 15) is 29.4 Å². The zero-order valence-corrected chi connectivity index (χ0v) is 24.2. The smallest absolute Gasteiger partial charge is 0.405 e. The fourth-order valence-electron chi connectivity index (χ4n) is 4.79. The van der Waals surface area contributed by atoms with E-state index in [-0.39, 0.29) is 42.1 Å². The molecule has 0 aromatic carbocycles. The Balaban J connectivity index is 2.64. The SMILES string of the molecule is COC1=C2C[C@@H](CO)C[C@H](OC)[C@H](O)[C@@H](C)/C=C(\C)[C@H](OC(N)=O)[C@@H](OC)/C=C\C=C(/C)C(=O)NC(=CC1=O)C2=O. The number of carbonyl (C=O) groups excluding carboxylic acids is 4. The van der Waals surface area contributed by atoms with Crippen LogP contribution in [0.25, 0.3) is 0 Å². The fraction of sp³-hybridized carbons (Fsp3) is 0.517. The molecule has 1 heterocycles. The molecule has 1 aliphatic carbocycles. The Morgan fingerprint density at radius 1 is 1.15 bits per heavy atom. The van der Waals surface area contributed by atoms with E-state index < -0.39 is 59.8 Å². The van der Waals surface area contributed by atoms with E-state index in [4.69, 9.17) is 24.7 Å². The quantitative estimate of drug-likeness (QED) is 0.275. The molecule has 2 aliphatic rings. The van der Waals surface area contributed by atoms with Gasteiger partial charge >= 0.3 is 6.09 Å². The number of carbonyl (C=O) groups is 4. The number of primary amides is 1. The second-order valence-electron chi connectivity index (χ2n) is 10.0. The van der Waals surface area contributed by atoms with E-state index in [2.05, 4.69) is 5.32 Å². The molecule has 0 aromatic rings.